The SMILES string of the molecule is CC1=C(C)C(C)C([Si](CC(C)C)(c2ccccc2)c2ccccc2)=C1C. The van der Waals surface area contributed by atoms with E-state index in [1.165, 1.54) is 11.6 Å². The van der Waals surface area contributed by atoms with E-state index in [1.54, 1.807) is 26.7 Å². The molecule has 0 amide bonds. The summed E-state index contributed by atoms with van der Waals surface area (Å²) in [6.07, 6.45) is 0. The van der Waals surface area contributed by atoms with Crippen LogP contribution in [0.3, 0.4) is 0 Å². The number of allylic oxidation sites excluding steroid dienone is 4. The van der Waals surface area contributed by atoms with Crippen LogP contribution >= 0.6 is 0 Å². The fraction of sp³-hybridized carbons (Fsp3) is 0.360. The first-order chi connectivity index (χ1) is 12.4. The maximum Gasteiger partial charge on any atom is 0.145 e. The monoisotopic (exact) mass is 360 g/mol. The first kappa shape index (κ1) is 18.9. The first-order valence-corrected chi connectivity index (χ1v) is 12.1. The maximum atomic E-state index is 2.43. The predicted octanol–water partition coefficient (Wildman–Crippen LogP) is 5.75. The second kappa shape index (κ2) is 7.40. The molecule has 1 atom stereocenters. The van der Waals surface area contributed by atoms with Crippen molar-refractivity contribution in [3.05, 3.63) is 82.6 Å². The van der Waals surface area contributed by atoms with Crippen LogP contribution in [0.2, 0.25) is 6.04 Å². The van der Waals surface area contributed by atoms with E-state index in [4.69, 9.17) is 0 Å². The molecule has 1 unspecified atom stereocenters. The number of hydrogen-bond donors (Lipinski definition) is 0. The Balaban J connectivity index is 2.36. The van der Waals surface area contributed by atoms with E-state index in [0.717, 1.165) is 0 Å². The molecule has 0 saturated carbocycles. The zero-order valence-corrected chi connectivity index (χ0v) is 18.1. The summed E-state index contributed by atoms with van der Waals surface area (Å²) in [6, 6.07) is 24.0. The second-order valence-electron chi connectivity index (χ2n) is 8.30. The fourth-order valence-corrected chi connectivity index (χ4v) is 11.1. The van der Waals surface area contributed by atoms with Gasteiger partial charge in [-0.3, -0.25) is 0 Å². The molecule has 3 rings (SSSR count). The molecule has 0 nitrogen and oxygen atoms in total. The number of benzene rings is 2. The van der Waals surface area contributed by atoms with Crippen molar-refractivity contribution in [1.82, 2.24) is 0 Å². The van der Waals surface area contributed by atoms with Crippen molar-refractivity contribution in [2.24, 2.45) is 11.8 Å². The molecular formula is C25H32Si. The van der Waals surface area contributed by atoms with Crippen LogP contribution in [-0.4, -0.2) is 8.07 Å². The van der Waals surface area contributed by atoms with Crippen molar-refractivity contribution >= 4 is 18.4 Å². The highest BCUT2D eigenvalue weighted by Gasteiger charge is 2.46. The summed E-state index contributed by atoms with van der Waals surface area (Å²) in [6.45, 7) is 14.2. The van der Waals surface area contributed by atoms with Crippen LogP contribution in [0.25, 0.3) is 0 Å². The van der Waals surface area contributed by atoms with Crippen LogP contribution in [-0.2, 0) is 0 Å². The van der Waals surface area contributed by atoms with Crippen molar-refractivity contribution in [1.29, 1.82) is 0 Å². The first-order valence-electron chi connectivity index (χ1n) is 9.89. The Morgan fingerprint density at radius 3 is 1.58 bits per heavy atom. The third-order valence-electron chi connectivity index (χ3n) is 6.35. The summed E-state index contributed by atoms with van der Waals surface area (Å²) < 4.78 is 0. The molecule has 0 aromatic heterocycles. The fourth-order valence-electron chi connectivity index (χ4n) is 4.93. The molecule has 0 heterocycles. The molecule has 136 valence electrons. The zero-order valence-electron chi connectivity index (χ0n) is 17.1. The number of rotatable bonds is 5. The van der Waals surface area contributed by atoms with E-state index in [2.05, 4.69) is 102 Å². The van der Waals surface area contributed by atoms with Gasteiger partial charge in [-0.25, -0.2) is 0 Å². The summed E-state index contributed by atoms with van der Waals surface area (Å²) in [5.41, 5.74) is 4.63. The topological polar surface area (TPSA) is 0 Å². The molecular weight excluding hydrogens is 328 g/mol. The third-order valence-corrected chi connectivity index (χ3v) is 12.1. The van der Waals surface area contributed by atoms with Gasteiger partial charge in [0.2, 0.25) is 0 Å². The number of hydrogen-bond acceptors (Lipinski definition) is 0. The van der Waals surface area contributed by atoms with Crippen molar-refractivity contribution in [2.45, 2.75) is 47.6 Å². The van der Waals surface area contributed by atoms with Gasteiger partial charge in [0.1, 0.15) is 8.07 Å². The van der Waals surface area contributed by atoms with Crippen LogP contribution in [0, 0.1) is 11.8 Å². The molecule has 0 aliphatic heterocycles. The molecule has 1 aliphatic rings. The lowest BCUT2D eigenvalue weighted by atomic mass is 10.1. The van der Waals surface area contributed by atoms with Crippen molar-refractivity contribution in [2.75, 3.05) is 0 Å². The van der Waals surface area contributed by atoms with Crippen molar-refractivity contribution < 1.29 is 0 Å². The molecule has 1 heteroatoms. The van der Waals surface area contributed by atoms with Crippen molar-refractivity contribution in [3.8, 4) is 0 Å². The smallest absolute Gasteiger partial charge is 0.0636 e. The van der Waals surface area contributed by atoms with Gasteiger partial charge >= 0.3 is 0 Å². The Kier molecular flexibility index (Phi) is 5.38. The van der Waals surface area contributed by atoms with Crippen LogP contribution in [0.15, 0.2) is 82.6 Å². The zero-order chi connectivity index (χ0) is 18.9. The van der Waals surface area contributed by atoms with E-state index in [9.17, 15) is 0 Å². The van der Waals surface area contributed by atoms with Gasteiger partial charge in [0.15, 0.2) is 0 Å². The summed E-state index contributed by atoms with van der Waals surface area (Å²) in [5.74, 6) is 1.21. The molecule has 0 spiro atoms. The van der Waals surface area contributed by atoms with Crippen LogP contribution < -0.4 is 10.4 Å². The normalized spacial score (nSPS) is 18.2. The van der Waals surface area contributed by atoms with E-state index < -0.39 is 8.07 Å². The molecule has 0 saturated heterocycles. The minimum absolute atomic E-state index is 0.542. The molecule has 2 aromatic carbocycles. The highest BCUT2D eigenvalue weighted by molar-refractivity contribution is 7.07. The Morgan fingerprint density at radius 1 is 0.769 bits per heavy atom. The van der Waals surface area contributed by atoms with Crippen LogP contribution in [0.1, 0.15) is 41.5 Å². The quantitative estimate of drug-likeness (QED) is 0.596. The van der Waals surface area contributed by atoms with Gasteiger partial charge < -0.3 is 0 Å². The molecule has 1 aliphatic carbocycles. The highest BCUT2D eigenvalue weighted by atomic mass is 28.3. The average molecular weight is 361 g/mol. The summed E-state index contributed by atoms with van der Waals surface area (Å²) in [5, 5.41) is 4.85. The minimum atomic E-state index is -2.05. The van der Waals surface area contributed by atoms with Crippen LogP contribution in [0.5, 0.6) is 0 Å². The molecule has 26 heavy (non-hydrogen) atoms. The van der Waals surface area contributed by atoms with Gasteiger partial charge in [-0.15, -0.1) is 0 Å². The van der Waals surface area contributed by atoms with Gasteiger partial charge in [-0.2, -0.15) is 0 Å². The van der Waals surface area contributed by atoms with Gasteiger partial charge in [0.25, 0.3) is 0 Å². The van der Waals surface area contributed by atoms with Gasteiger partial charge in [-0.05, 0) is 54.6 Å². The van der Waals surface area contributed by atoms with E-state index in [0.29, 0.717) is 11.8 Å². The third kappa shape index (κ3) is 3.03. The molecule has 0 fully saturated rings. The maximum absolute atomic E-state index is 2.43. The Hall–Kier alpha value is -1.86. The lowest BCUT2D eigenvalue weighted by Gasteiger charge is -2.39. The lowest BCUT2D eigenvalue weighted by molar-refractivity contribution is 0.719. The minimum Gasteiger partial charge on any atom is -0.0636 e. The predicted molar refractivity (Wildman–Crippen MR) is 118 cm³/mol. The van der Waals surface area contributed by atoms with Crippen molar-refractivity contribution in [3.63, 3.8) is 0 Å². The van der Waals surface area contributed by atoms with Crippen LogP contribution in [0.4, 0.5) is 0 Å². The van der Waals surface area contributed by atoms with E-state index in [-0.39, 0.29) is 0 Å². The molecule has 0 bridgehead atoms. The average Bonchev–Trinajstić information content (AvgIpc) is 2.85. The molecule has 2 aromatic rings. The van der Waals surface area contributed by atoms with E-state index >= 15 is 0 Å². The van der Waals surface area contributed by atoms with Gasteiger partial charge in [0, 0.05) is 0 Å². The Morgan fingerprint density at radius 2 is 1.23 bits per heavy atom. The summed E-state index contributed by atoms with van der Waals surface area (Å²) in [4.78, 5) is 0. The molecule has 0 radical (unpaired) electrons. The largest absolute Gasteiger partial charge is 0.145 e. The van der Waals surface area contributed by atoms with Gasteiger partial charge in [-0.1, -0.05) is 97.8 Å². The summed E-state index contributed by atoms with van der Waals surface area (Å²) in [7, 11) is -2.05. The highest BCUT2D eigenvalue weighted by Crippen LogP contribution is 2.43. The lowest BCUT2D eigenvalue weighted by Crippen LogP contribution is -2.61. The Labute approximate surface area is 160 Å². The Bertz CT molecular complexity index is 785. The molecule has 0 N–H and O–H groups in total. The van der Waals surface area contributed by atoms with E-state index in [1.807, 2.05) is 0 Å². The second-order valence-corrected chi connectivity index (χ2v) is 12.2. The van der Waals surface area contributed by atoms with Gasteiger partial charge in [0.05, 0.1) is 0 Å². The standard InChI is InChI=1S/C25H32Si/c1-18(2)17-26(23-13-9-7-10-14-23,24-15-11-8-12-16-24)25-21(5)19(3)20(4)22(25)6/h7-16,18,21H,17H2,1-6H3. The summed E-state index contributed by atoms with van der Waals surface area (Å²) >= 11 is 0.